The molecule has 1 aromatic heterocycles. The van der Waals surface area contributed by atoms with Crippen molar-refractivity contribution < 1.29 is 9.59 Å². The predicted molar refractivity (Wildman–Crippen MR) is 88.2 cm³/mol. The van der Waals surface area contributed by atoms with Crippen LogP contribution >= 0.6 is 11.6 Å². The first-order valence-corrected chi connectivity index (χ1v) is 7.73. The van der Waals surface area contributed by atoms with Crippen LogP contribution in [0.2, 0.25) is 5.02 Å². The zero-order valence-corrected chi connectivity index (χ0v) is 13.5. The number of nitrogens with one attached hydrogen (secondary N) is 3. The predicted octanol–water partition coefficient (Wildman–Crippen LogP) is 2.86. The number of amides is 2. The molecule has 0 bridgehead atoms. The molecule has 0 aliphatic carbocycles. The largest absolute Gasteiger partial charge is 0.360 e. The lowest BCUT2D eigenvalue weighted by Gasteiger charge is -2.11. The van der Waals surface area contributed by atoms with E-state index in [0.29, 0.717) is 17.1 Å². The van der Waals surface area contributed by atoms with Crippen LogP contribution in [0.25, 0.3) is 10.9 Å². The highest BCUT2D eigenvalue weighted by atomic mass is 35.5. The summed E-state index contributed by atoms with van der Waals surface area (Å²) in [5.74, 6) is -0.259. The zero-order chi connectivity index (χ0) is 16.1. The third kappa shape index (κ3) is 4.01. The SMILES string of the molecule is CC[C@@H](C)NC(=O)CCNC(=O)c1c[nH]c2cc(Cl)ccc12. The van der Waals surface area contributed by atoms with Crippen LogP contribution in [0.15, 0.2) is 24.4 Å². The highest BCUT2D eigenvalue weighted by Crippen LogP contribution is 2.21. The van der Waals surface area contributed by atoms with E-state index in [-0.39, 0.29) is 24.3 Å². The van der Waals surface area contributed by atoms with Crippen molar-refractivity contribution in [2.75, 3.05) is 6.54 Å². The van der Waals surface area contributed by atoms with Crippen molar-refractivity contribution in [3.63, 3.8) is 0 Å². The van der Waals surface area contributed by atoms with E-state index in [1.165, 1.54) is 0 Å². The second-order valence-corrected chi connectivity index (χ2v) is 5.71. The molecular formula is C16H20ClN3O2. The molecule has 2 aromatic rings. The minimum absolute atomic E-state index is 0.0552. The number of aromatic amines is 1. The molecule has 1 heterocycles. The number of H-pyrrole nitrogens is 1. The van der Waals surface area contributed by atoms with Crippen molar-refractivity contribution in [1.29, 1.82) is 0 Å². The van der Waals surface area contributed by atoms with Crippen LogP contribution in [0, 0.1) is 0 Å². The fourth-order valence-corrected chi connectivity index (χ4v) is 2.29. The van der Waals surface area contributed by atoms with Gasteiger partial charge in [-0.3, -0.25) is 9.59 Å². The Labute approximate surface area is 134 Å². The summed E-state index contributed by atoms with van der Waals surface area (Å²) in [6.07, 6.45) is 2.80. The third-order valence-corrected chi connectivity index (χ3v) is 3.78. The van der Waals surface area contributed by atoms with Gasteiger partial charge in [0.1, 0.15) is 0 Å². The first-order valence-electron chi connectivity index (χ1n) is 7.35. The normalized spacial score (nSPS) is 12.1. The number of benzene rings is 1. The molecule has 1 atom stereocenters. The quantitative estimate of drug-likeness (QED) is 0.765. The van der Waals surface area contributed by atoms with E-state index in [4.69, 9.17) is 11.6 Å². The molecule has 22 heavy (non-hydrogen) atoms. The Kier molecular flexibility index (Phi) is 5.44. The molecule has 0 spiro atoms. The van der Waals surface area contributed by atoms with Gasteiger partial charge in [-0.15, -0.1) is 0 Å². The van der Waals surface area contributed by atoms with Crippen LogP contribution in [-0.2, 0) is 4.79 Å². The molecule has 0 fully saturated rings. The summed E-state index contributed by atoms with van der Waals surface area (Å²) < 4.78 is 0. The summed E-state index contributed by atoms with van der Waals surface area (Å²) in [5.41, 5.74) is 1.36. The number of halogens is 1. The molecule has 0 radical (unpaired) electrons. The van der Waals surface area contributed by atoms with Gasteiger partial charge in [-0.25, -0.2) is 0 Å². The van der Waals surface area contributed by atoms with E-state index in [9.17, 15) is 9.59 Å². The summed E-state index contributed by atoms with van der Waals surface area (Å²) in [7, 11) is 0. The first kappa shape index (κ1) is 16.4. The maximum atomic E-state index is 12.2. The third-order valence-electron chi connectivity index (χ3n) is 3.55. The molecule has 3 N–H and O–H groups in total. The molecule has 5 nitrogen and oxygen atoms in total. The number of rotatable bonds is 6. The summed E-state index contributed by atoms with van der Waals surface area (Å²) in [4.78, 5) is 26.8. The maximum absolute atomic E-state index is 12.2. The van der Waals surface area contributed by atoms with Gasteiger partial charge in [-0.2, -0.15) is 0 Å². The van der Waals surface area contributed by atoms with E-state index in [0.717, 1.165) is 17.3 Å². The molecule has 1 aromatic carbocycles. The molecule has 2 rings (SSSR count). The average Bonchev–Trinajstić information content (AvgIpc) is 2.89. The highest BCUT2D eigenvalue weighted by Gasteiger charge is 2.12. The van der Waals surface area contributed by atoms with Crippen LogP contribution in [0.5, 0.6) is 0 Å². The minimum atomic E-state index is -0.204. The molecule has 0 saturated heterocycles. The monoisotopic (exact) mass is 321 g/mol. The van der Waals surface area contributed by atoms with E-state index in [2.05, 4.69) is 15.6 Å². The Bertz CT molecular complexity index is 681. The van der Waals surface area contributed by atoms with Crippen LogP contribution in [0.4, 0.5) is 0 Å². The van der Waals surface area contributed by atoms with Crippen LogP contribution in [0.3, 0.4) is 0 Å². The Morgan fingerprint density at radius 1 is 1.36 bits per heavy atom. The lowest BCUT2D eigenvalue weighted by atomic mass is 10.1. The lowest BCUT2D eigenvalue weighted by molar-refractivity contribution is -0.121. The van der Waals surface area contributed by atoms with Crippen molar-refractivity contribution in [3.05, 3.63) is 35.0 Å². The lowest BCUT2D eigenvalue weighted by Crippen LogP contribution is -2.35. The molecule has 0 saturated carbocycles. The standard InChI is InChI=1S/C16H20ClN3O2/c1-3-10(2)20-15(21)6-7-18-16(22)13-9-19-14-8-11(17)4-5-12(13)14/h4-5,8-10,19H,3,6-7H2,1-2H3,(H,18,22)(H,20,21)/t10-/m1/s1. The summed E-state index contributed by atoms with van der Waals surface area (Å²) in [6.45, 7) is 4.27. The van der Waals surface area contributed by atoms with Gasteiger partial charge in [0.25, 0.3) is 5.91 Å². The number of hydrogen-bond donors (Lipinski definition) is 3. The smallest absolute Gasteiger partial charge is 0.253 e. The summed E-state index contributed by atoms with van der Waals surface area (Å²) in [6, 6.07) is 5.47. The van der Waals surface area contributed by atoms with Crippen molar-refractivity contribution in [2.24, 2.45) is 0 Å². The zero-order valence-electron chi connectivity index (χ0n) is 12.7. The Morgan fingerprint density at radius 2 is 2.14 bits per heavy atom. The molecule has 0 aliphatic heterocycles. The molecule has 2 amide bonds. The Hall–Kier alpha value is -2.01. The number of carbonyl (C=O) groups is 2. The Balaban J connectivity index is 1.90. The van der Waals surface area contributed by atoms with Crippen molar-refractivity contribution in [2.45, 2.75) is 32.7 Å². The maximum Gasteiger partial charge on any atom is 0.253 e. The average molecular weight is 322 g/mol. The fraction of sp³-hybridized carbons (Fsp3) is 0.375. The Morgan fingerprint density at radius 3 is 2.86 bits per heavy atom. The molecular weight excluding hydrogens is 302 g/mol. The van der Waals surface area contributed by atoms with Crippen molar-refractivity contribution in [1.82, 2.24) is 15.6 Å². The second kappa shape index (κ2) is 7.31. The van der Waals surface area contributed by atoms with Gasteiger partial charge in [-0.1, -0.05) is 24.6 Å². The molecule has 118 valence electrons. The van der Waals surface area contributed by atoms with Crippen molar-refractivity contribution >= 4 is 34.3 Å². The van der Waals surface area contributed by atoms with Crippen molar-refractivity contribution in [3.8, 4) is 0 Å². The van der Waals surface area contributed by atoms with Crippen LogP contribution in [0.1, 0.15) is 37.0 Å². The summed E-state index contributed by atoms with van der Waals surface area (Å²) in [5, 5.41) is 7.05. The number of hydrogen-bond acceptors (Lipinski definition) is 2. The molecule has 0 unspecified atom stereocenters. The van der Waals surface area contributed by atoms with Crippen LogP contribution in [-0.4, -0.2) is 29.4 Å². The van der Waals surface area contributed by atoms with E-state index >= 15 is 0 Å². The van der Waals surface area contributed by atoms with Gasteiger partial charge >= 0.3 is 0 Å². The summed E-state index contributed by atoms with van der Waals surface area (Å²) >= 11 is 5.91. The molecule has 6 heteroatoms. The molecule has 0 aliphatic rings. The number of carbonyl (C=O) groups excluding carboxylic acids is 2. The van der Waals surface area contributed by atoms with Crippen LogP contribution < -0.4 is 10.6 Å². The first-order chi connectivity index (χ1) is 10.5. The number of aromatic nitrogens is 1. The van der Waals surface area contributed by atoms with Gasteiger partial charge in [0, 0.05) is 41.1 Å². The van der Waals surface area contributed by atoms with Gasteiger partial charge < -0.3 is 15.6 Å². The van der Waals surface area contributed by atoms with Gasteiger partial charge in [0.2, 0.25) is 5.91 Å². The fourth-order valence-electron chi connectivity index (χ4n) is 2.12. The van der Waals surface area contributed by atoms with E-state index in [1.807, 2.05) is 13.8 Å². The topological polar surface area (TPSA) is 74.0 Å². The highest BCUT2D eigenvalue weighted by molar-refractivity contribution is 6.31. The van der Waals surface area contributed by atoms with Gasteiger partial charge in [0.15, 0.2) is 0 Å². The number of fused-ring (bicyclic) bond motifs is 1. The van der Waals surface area contributed by atoms with E-state index < -0.39 is 0 Å². The van der Waals surface area contributed by atoms with Gasteiger partial charge in [0.05, 0.1) is 5.56 Å². The van der Waals surface area contributed by atoms with E-state index in [1.54, 1.807) is 24.4 Å². The minimum Gasteiger partial charge on any atom is -0.360 e. The second-order valence-electron chi connectivity index (χ2n) is 5.27. The van der Waals surface area contributed by atoms with Gasteiger partial charge in [-0.05, 0) is 25.5 Å².